The van der Waals surface area contributed by atoms with E-state index in [0.29, 0.717) is 22.6 Å². The molecule has 1 aromatic heterocycles. The molecule has 0 atom stereocenters. The molecule has 0 aliphatic rings. The van der Waals surface area contributed by atoms with Crippen molar-refractivity contribution in [2.45, 2.75) is 17.6 Å². The first-order valence-corrected chi connectivity index (χ1v) is 8.46. The van der Waals surface area contributed by atoms with Crippen LogP contribution in [0.5, 0.6) is 0 Å². The Morgan fingerprint density at radius 3 is 2.50 bits per heavy atom. The first kappa shape index (κ1) is 16.0. The molecule has 2 N–H and O–H groups in total. The van der Waals surface area contributed by atoms with Gasteiger partial charge in [-0.25, -0.2) is 13.2 Å². The molecule has 0 unspecified atom stereocenters. The van der Waals surface area contributed by atoms with Crippen LogP contribution in [-0.2, 0) is 16.4 Å². The number of carboxylic acid groups (broad SMARTS) is 1. The number of carbonyl (C=O) groups is 1. The van der Waals surface area contributed by atoms with E-state index in [2.05, 4.69) is 4.72 Å². The van der Waals surface area contributed by atoms with E-state index in [-0.39, 0.29) is 15.5 Å². The summed E-state index contributed by atoms with van der Waals surface area (Å²) < 4.78 is 26.8. The van der Waals surface area contributed by atoms with Gasteiger partial charge in [-0.05, 0) is 36.2 Å². The van der Waals surface area contributed by atoms with Gasteiger partial charge in [0.2, 0.25) is 0 Å². The number of nitrogens with one attached hydrogen (secondary N) is 1. The molecule has 2 aromatic rings. The maximum Gasteiger partial charge on any atom is 0.346 e. The van der Waals surface area contributed by atoms with Crippen molar-refractivity contribution in [1.82, 2.24) is 0 Å². The van der Waals surface area contributed by atoms with Crippen LogP contribution in [0.3, 0.4) is 0 Å². The number of benzene rings is 1. The minimum absolute atomic E-state index is 0.00439. The minimum Gasteiger partial charge on any atom is -0.477 e. The molecular formula is C14H12N2O4S2. The molecule has 0 saturated heterocycles. The summed E-state index contributed by atoms with van der Waals surface area (Å²) in [5, 5.41) is 17.6. The van der Waals surface area contributed by atoms with Crippen LogP contribution in [0.1, 0.15) is 20.8 Å². The highest BCUT2D eigenvalue weighted by Gasteiger charge is 2.21. The molecule has 0 fully saturated rings. The van der Waals surface area contributed by atoms with Gasteiger partial charge in [-0.2, -0.15) is 5.26 Å². The summed E-state index contributed by atoms with van der Waals surface area (Å²) in [6, 6.07) is 9.77. The molecule has 0 radical (unpaired) electrons. The van der Waals surface area contributed by atoms with Gasteiger partial charge in [-0.1, -0.05) is 12.1 Å². The third-order valence-corrected chi connectivity index (χ3v) is 5.92. The zero-order valence-electron chi connectivity index (χ0n) is 11.5. The molecule has 0 aliphatic heterocycles. The summed E-state index contributed by atoms with van der Waals surface area (Å²) in [6.45, 7) is 1.55. The van der Waals surface area contributed by atoms with Crippen molar-refractivity contribution >= 4 is 33.0 Å². The standard InChI is InChI=1S/C14H12N2O4S2/c1-9-8-12(21-13(9)14(17)18)22(19,20)16-11-4-2-10(3-5-11)6-7-15/h2-5,8,16H,6H2,1H3,(H,17,18). The number of carboxylic acids is 1. The number of aryl methyl sites for hydroxylation is 1. The SMILES string of the molecule is Cc1cc(S(=O)(=O)Nc2ccc(CC#N)cc2)sc1C(=O)O. The third-order valence-electron chi connectivity index (χ3n) is 2.84. The van der Waals surface area contributed by atoms with Crippen molar-refractivity contribution in [2.24, 2.45) is 0 Å². The van der Waals surface area contributed by atoms with Crippen molar-refractivity contribution < 1.29 is 18.3 Å². The number of aromatic carboxylic acids is 1. The molecule has 0 aliphatic carbocycles. The Balaban J connectivity index is 2.26. The summed E-state index contributed by atoms with van der Waals surface area (Å²) in [7, 11) is -3.83. The van der Waals surface area contributed by atoms with Gasteiger partial charge in [0.15, 0.2) is 0 Å². The molecule has 0 spiro atoms. The average Bonchev–Trinajstić information content (AvgIpc) is 2.84. The molecule has 0 saturated carbocycles. The predicted molar refractivity (Wildman–Crippen MR) is 82.6 cm³/mol. The molecule has 6 nitrogen and oxygen atoms in total. The lowest BCUT2D eigenvalue weighted by Crippen LogP contribution is -2.11. The lowest BCUT2D eigenvalue weighted by molar-refractivity contribution is 0.0701. The lowest BCUT2D eigenvalue weighted by Gasteiger charge is -2.06. The highest BCUT2D eigenvalue weighted by molar-refractivity contribution is 7.94. The topological polar surface area (TPSA) is 107 Å². The Kier molecular flexibility index (Phi) is 4.49. The van der Waals surface area contributed by atoms with Gasteiger partial charge in [-0.3, -0.25) is 4.72 Å². The maximum atomic E-state index is 12.3. The Morgan fingerprint density at radius 1 is 1.36 bits per heavy atom. The molecule has 22 heavy (non-hydrogen) atoms. The zero-order valence-corrected chi connectivity index (χ0v) is 13.2. The summed E-state index contributed by atoms with van der Waals surface area (Å²) in [6.07, 6.45) is 0.249. The Morgan fingerprint density at radius 2 is 2.00 bits per heavy atom. The van der Waals surface area contributed by atoms with Crippen molar-refractivity contribution in [3.8, 4) is 6.07 Å². The molecule has 8 heteroatoms. The van der Waals surface area contributed by atoms with E-state index in [1.807, 2.05) is 6.07 Å². The monoisotopic (exact) mass is 336 g/mol. The van der Waals surface area contributed by atoms with Gasteiger partial charge in [-0.15, -0.1) is 11.3 Å². The summed E-state index contributed by atoms with van der Waals surface area (Å²) in [5.41, 5.74) is 1.54. The Hall–Kier alpha value is -2.37. The largest absolute Gasteiger partial charge is 0.477 e. The molecule has 1 heterocycles. The molecule has 0 amide bonds. The van der Waals surface area contributed by atoms with Crippen LogP contribution in [-0.4, -0.2) is 19.5 Å². The van der Waals surface area contributed by atoms with Gasteiger partial charge in [0.1, 0.15) is 9.09 Å². The first-order chi connectivity index (χ1) is 10.3. The fourth-order valence-electron chi connectivity index (χ4n) is 1.78. The van der Waals surface area contributed by atoms with Gasteiger partial charge in [0.25, 0.3) is 10.0 Å². The van der Waals surface area contributed by atoms with E-state index >= 15 is 0 Å². The number of nitriles is 1. The fourth-order valence-corrected chi connectivity index (χ4v) is 4.22. The van der Waals surface area contributed by atoms with Gasteiger partial charge in [0, 0.05) is 5.69 Å². The second kappa shape index (κ2) is 6.17. The van der Waals surface area contributed by atoms with E-state index in [4.69, 9.17) is 10.4 Å². The Labute approximate surface area is 131 Å². The van der Waals surface area contributed by atoms with E-state index in [1.165, 1.54) is 6.07 Å². The van der Waals surface area contributed by atoms with Crippen LogP contribution in [0.4, 0.5) is 5.69 Å². The quantitative estimate of drug-likeness (QED) is 0.872. The molecule has 1 aromatic carbocycles. The number of hydrogen-bond donors (Lipinski definition) is 2. The molecular weight excluding hydrogens is 324 g/mol. The second-order valence-electron chi connectivity index (χ2n) is 4.52. The van der Waals surface area contributed by atoms with E-state index in [0.717, 1.165) is 5.56 Å². The van der Waals surface area contributed by atoms with Gasteiger partial charge >= 0.3 is 5.97 Å². The lowest BCUT2D eigenvalue weighted by atomic mass is 10.1. The highest BCUT2D eigenvalue weighted by Crippen LogP contribution is 2.27. The average molecular weight is 336 g/mol. The summed E-state index contributed by atoms with van der Waals surface area (Å²) >= 11 is 0.712. The number of nitrogens with zero attached hydrogens (tertiary/aromatic N) is 1. The number of thiophene rings is 1. The minimum atomic E-state index is -3.83. The smallest absolute Gasteiger partial charge is 0.346 e. The van der Waals surface area contributed by atoms with Crippen molar-refractivity contribution in [1.29, 1.82) is 5.26 Å². The fraction of sp³-hybridized carbons (Fsp3) is 0.143. The highest BCUT2D eigenvalue weighted by atomic mass is 32.2. The predicted octanol–water partition coefficient (Wildman–Crippen LogP) is 2.62. The van der Waals surface area contributed by atoms with E-state index in [1.54, 1.807) is 31.2 Å². The van der Waals surface area contributed by atoms with Crippen LogP contribution in [0.2, 0.25) is 0 Å². The van der Waals surface area contributed by atoms with Crippen LogP contribution >= 0.6 is 11.3 Å². The summed E-state index contributed by atoms with van der Waals surface area (Å²) in [4.78, 5) is 11.0. The molecule has 0 bridgehead atoms. The van der Waals surface area contributed by atoms with E-state index in [9.17, 15) is 13.2 Å². The number of sulfonamides is 1. The van der Waals surface area contributed by atoms with Crippen LogP contribution in [0.15, 0.2) is 34.5 Å². The van der Waals surface area contributed by atoms with Gasteiger partial charge in [0.05, 0.1) is 12.5 Å². The zero-order chi connectivity index (χ0) is 16.3. The normalized spacial score (nSPS) is 10.9. The Bertz CT molecular complexity index is 846. The third kappa shape index (κ3) is 3.44. The summed E-state index contributed by atoms with van der Waals surface area (Å²) in [5.74, 6) is -1.15. The first-order valence-electron chi connectivity index (χ1n) is 6.16. The van der Waals surface area contributed by atoms with Crippen LogP contribution in [0, 0.1) is 18.3 Å². The van der Waals surface area contributed by atoms with Gasteiger partial charge < -0.3 is 5.11 Å². The maximum absolute atomic E-state index is 12.3. The number of anilines is 1. The van der Waals surface area contributed by atoms with Crippen LogP contribution in [0.25, 0.3) is 0 Å². The van der Waals surface area contributed by atoms with Crippen molar-refractivity contribution in [3.63, 3.8) is 0 Å². The number of rotatable bonds is 5. The second-order valence-corrected chi connectivity index (χ2v) is 7.48. The molecule has 2 rings (SSSR count). The number of hydrogen-bond acceptors (Lipinski definition) is 5. The van der Waals surface area contributed by atoms with Crippen molar-refractivity contribution in [3.05, 3.63) is 46.3 Å². The van der Waals surface area contributed by atoms with E-state index < -0.39 is 16.0 Å². The van der Waals surface area contributed by atoms with Crippen molar-refractivity contribution in [2.75, 3.05) is 4.72 Å². The van der Waals surface area contributed by atoms with Crippen LogP contribution < -0.4 is 4.72 Å². The molecule has 114 valence electrons.